The number of furan rings is 1. The van der Waals surface area contributed by atoms with E-state index in [1.54, 1.807) is 17.6 Å². The predicted molar refractivity (Wildman–Crippen MR) is 123 cm³/mol. The molecule has 1 unspecified atom stereocenters. The van der Waals surface area contributed by atoms with Crippen LogP contribution in [0.3, 0.4) is 0 Å². The van der Waals surface area contributed by atoms with Gasteiger partial charge in [-0.05, 0) is 36.9 Å². The van der Waals surface area contributed by atoms with Gasteiger partial charge in [0.1, 0.15) is 15.6 Å². The second kappa shape index (κ2) is 12.4. The number of nitrogens with one attached hydrogen (secondary N) is 2. The minimum absolute atomic E-state index is 0. The molecule has 0 radical (unpaired) electrons. The summed E-state index contributed by atoms with van der Waals surface area (Å²) in [5.74, 6) is 1.78. The van der Waals surface area contributed by atoms with Crippen LogP contribution in [0.4, 0.5) is 0 Å². The molecular weight excluding hydrogens is 497 g/mol. The van der Waals surface area contributed by atoms with E-state index >= 15 is 0 Å². The normalized spacial score (nSPS) is 13.0. The maximum absolute atomic E-state index is 11.3. The topological polar surface area (TPSA) is 83.7 Å². The van der Waals surface area contributed by atoms with Crippen molar-refractivity contribution in [2.75, 3.05) is 25.1 Å². The predicted octanol–water partition coefficient (Wildman–Crippen LogP) is 3.10. The number of hydrogen-bond acceptors (Lipinski definition) is 5. The maximum Gasteiger partial charge on any atom is 0.191 e. The molecule has 9 heteroatoms. The van der Waals surface area contributed by atoms with E-state index in [0.29, 0.717) is 25.5 Å². The van der Waals surface area contributed by atoms with Gasteiger partial charge in [0.15, 0.2) is 5.96 Å². The molecule has 0 aliphatic rings. The molecule has 0 bridgehead atoms. The van der Waals surface area contributed by atoms with Crippen molar-refractivity contribution in [1.29, 1.82) is 0 Å². The van der Waals surface area contributed by atoms with Gasteiger partial charge in [-0.3, -0.25) is 4.99 Å². The lowest BCUT2D eigenvalue weighted by atomic mass is 10.2. The summed E-state index contributed by atoms with van der Waals surface area (Å²) in [6.45, 7) is 3.33. The van der Waals surface area contributed by atoms with Crippen LogP contribution in [0.2, 0.25) is 0 Å². The third-order valence-corrected chi connectivity index (χ3v) is 5.67. The van der Waals surface area contributed by atoms with Crippen LogP contribution in [0.1, 0.15) is 24.0 Å². The van der Waals surface area contributed by atoms with Crippen molar-refractivity contribution in [1.82, 2.24) is 10.6 Å². The summed E-state index contributed by atoms with van der Waals surface area (Å²) in [6.07, 6.45) is 5.12. The molecule has 1 atom stereocenters. The zero-order valence-electron chi connectivity index (χ0n) is 15.7. The molecule has 2 aromatic heterocycles. The van der Waals surface area contributed by atoms with Crippen molar-refractivity contribution in [2.24, 2.45) is 4.99 Å². The Hall–Kier alpha value is -1.07. The number of thiophene rings is 1. The first-order valence-electron chi connectivity index (χ1n) is 8.70. The molecule has 0 aromatic carbocycles. The number of guanidine groups is 1. The van der Waals surface area contributed by atoms with E-state index in [0.717, 1.165) is 18.6 Å². The highest BCUT2D eigenvalue weighted by atomic mass is 127. The summed E-state index contributed by atoms with van der Waals surface area (Å²) in [4.78, 5) is 5.92. The molecule has 2 rings (SSSR count). The second-order valence-corrected chi connectivity index (χ2v) is 9.57. The van der Waals surface area contributed by atoms with E-state index in [-0.39, 0.29) is 35.8 Å². The summed E-state index contributed by atoms with van der Waals surface area (Å²) in [5.41, 5.74) is 0. The zero-order chi connectivity index (χ0) is 18.8. The lowest BCUT2D eigenvalue weighted by Gasteiger charge is -2.18. The Morgan fingerprint density at radius 2 is 2.11 bits per heavy atom. The van der Waals surface area contributed by atoms with Gasteiger partial charge in [-0.25, -0.2) is 8.42 Å². The molecule has 6 nitrogen and oxygen atoms in total. The molecule has 27 heavy (non-hydrogen) atoms. The first-order valence-corrected chi connectivity index (χ1v) is 11.6. The smallest absolute Gasteiger partial charge is 0.191 e. The summed E-state index contributed by atoms with van der Waals surface area (Å²) in [7, 11) is -2.96. The molecule has 0 amide bonds. The Morgan fingerprint density at radius 1 is 1.30 bits per heavy atom. The molecule has 2 N–H and O–H groups in total. The fourth-order valence-electron chi connectivity index (χ4n) is 2.34. The van der Waals surface area contributed by atoms with Gasteiger partial charge >= 0.3 is 0 Å². The third kappa shape index (κ3) is 10.7. The average Bonchev–Trinajstić information content (AvgIpc) is 3.26. The minimum Gasteiger partial charge on any atom is -0.469 e. The highest BCUT2D eigenvalue weighted by molar-refractivity contribution is 14.0. The van der Waals surface area contributed by atoms with Crippen molar-refractivity contribution in [3.63, 3.8) is 0 Å². The molecule has 152 valence electrons. The van der Waals surface area contributed by atoms with Gasteiger partial charge in [0.05, 0.1) is 12.0 Å². The maximum atomic E-state index is 11.3. The van der Waals surface area contributed by atoms with Crippen molar-refractivity contribution < 1.29 is 12.8 Å². The van der Waals surface area contributed by atoms with Crippen molar-refractivity contribution in [3.05, 3.63) is 46.5 Å². The van der Waals surface area contributed by atoms with Gasteiger partial charge in [0, 0.05) is 43.1 Å². The van der Waals surface area contributed by atoms with Crippen LogP contribution in [0.15, 0.2) is 45.3 Å². The molecule has 2 aromatic rings. The van der Waals surface area contributed by atoms with Crippen molar-refractivity contribution >= 4 is 51.1 Å². The largest absolute Gasteiger partial charge is 0.469 e. The molecule has 0 fully saturated rings. The van der Waals surface area contributed by atoms with E-state index in [1.807, 2.05) is 25.1 Å². The Morgan fingerprint density at radius 3 is 2.74 bits per heavy atom. The Balaban J connectivity index is 0.00000364. The Labute approximate surface area is 182 Å². The van der Waals surface area contributed by atoms with Crippen molar-refractivity contribution in [2.45, 2.75) is 32.2 Å². The van der Waals surface area contributed by atoms with Gasteiger partial charge in [-0.15, -0.1) is 35.3 Å². The van der Waals surface area contributed by atoms with Crippen LogP contribution in [0, 0.1) is 0 Å². The summed E-state index contributed by atoms with van der Waals surface area (Å²) < 4.78 is 28.0. The Bertz CT molecular complexity index is 760. The fraction of sp³-hybridized carbons (Fsp3) is 0.500. The second-order valence-electron chi connectivity index (χ2n) is 6.28. The van der Waals surface area contributed by atoms with Crippen LogP contribution < -0.4 is 10.6 Å². The van der Waals surface area contributed by atoms with E-state index in [1.165, 1.54) is 11.1 Å². The quantitative estimate of drug-likeness (QED) is 0.283. The lowest BCUT2D eigenvalue weighted by Crippen LogP contribution is -2.43. The van der Waals surface area contributed by atoms with Crippen LogP contribution in [0.25, 0.3) is 0 Å². The number of halogens is 1. The number of rotatable bonds is 10. The standard InChI is InChI=1S/C18H27N3O3S2.HI/c1-15(9-14-26(2,22)23)21-18(19-10-7-16-5-3-12-24-16)20-11-8-17-6-4-13-25-17;/h3-6,12-13,15H,7-11,14H2,1-2H3,(H2,19,20,21);1H. The molecule has 0 spiro atoms. The molecule has 0 saturated heterocycles. The van der Waals surface area contributed by atoms with Gasteiger partial charge in [0.25, 0.3) is 0 Å². The SMILES string of the molecule is CC(CCS(C)(=O)=O)NC(=NCCc1cccs1)NCCc1ccco1.I. The summed E-state index contributed by atoms with van der Waals surface area (Å²) in [5, 5.41) is 8.66. The molecule has 2 heterocycles. The van der Waals surface area contributed by atoms with Gasteiger partial charge in [-0.1, -0.05) is 6.07 Å². The van der Waals surface area contributed by atoms with Crippen LogP contribution in [-0.4, -0.2) is 45.5 Å². The van der Waals surface area contributed by atoms with Crippen molar-refractivity contribution in [3.8, 4) is 0 Å². The molecule has 0 aliphatic heterocycles. The molecule has 0 aliphatic carbocycles. The van der Waals surface area contributed by atoms with E-state index in [4.69, 9.17) is 4.42 Å². The van der Waals surface area contributed by atoms with Crippen LogP contribution in [-0.2, 0) is 22.7 Å². The highest BCUT2D eigenvalue weighted by Gasteiger charge is 2.10. The zero-order valence-corrected chi connectivity index (χ0v) is 19.6. The van der Waals surface area contributed by atoms with E-state index in [9.17, 15) is 8.42 Å². The molecular formula is C18H28IN3O3S2. The lowest BCUT2D eigenvalue weighted by molar-refractivity contribution is 0.506. The summed E-state index contributed by atoms with van der Waals surface area (Å²) >= 11 is 1.73. The fourth-order valence-corrected chi connectivity index (χ4v) is 3.82. The van der Waals surface area contributed by atoms with Gasteiger partial charge in [-0.2, -0.15) is 0 Å². The minimum atomic E-state index is -2.96. The highest BCUT2D eigenvalue weighted by Crippen LogP contribution is 2.08. The monoisotopic (exact) mass is 525 g/mol. The van der Waals surface area contributed by atoms with E-state index in [2.05, 4.69) is 27.1 Å². The number of aliphatic imine (C=N–C) groups is 1. The Kier molecular flexibility index (Phi) is 11.0. The number of nitrogens with zero attached hydrogens (tertiary/aromatic N) is 1. The first kappa shape index (κ1) is 24.0. The van der Waals surface area contributed by atoms with Crippen LogP contribution >= 0.6 is 35.3 Å². The van der Waals surface area contributed by atoms with Gasteiger partial charge in [0.2, 0.25) is 0 Å². The third-order valence-electron chi connectivity index (χ3n) is 3.76. The van der Waals surface area contributed by atoms with E-state index < -0.39 is 9.84 Å². The first-order chi connectivity index (χ1) is 12.4. The summed E-state index contributed by atoms with van der Waals surface area (Å²) in [6, 6.07) is 7.97. The van der Waals surface area contributed by atoms with Gasteiger partial charge < -0.3 is 15.1 Å². The number of sulfone groups is 1. The number of hydrogen-bond donors (Lipinski definition) is 2. The molecule has 0 saturated carbocycles. The average molecular weight is 525 g/mol. The van der Waals surface area contributed by atoms with Crippen LogP contribution in [0.5, 0.6) is 0 Å².